The lowest BCUT2D eigenvalue weighted by Crippen LogP contribution is -2.55. The number of aliphatic hydroxyl groups is 1. The zero-order valence-corrected chi connectivity index (χ0v) is 14.1. The van der Waals surface area contributed by atoms with Gasteiger partial charge in [-0.2, -0.15) is 4.31 Å². The summed E-state index contributed by atoms with van der Waals surface area (Å²) in [6, 6.07) is 2.67. The maximum absolute atomic E-state index is 12.9. The number of benzene rings is 1. The van der Waals surface area contributed by atoms with Gasteiger partial charge in [-0.3, -0.25) is 0 Å². The summed E-state index contributed by atoms with van der Waals surface area (Å²) in [5.41, 5.74) is -0.343. The van der Waals surface area contributed by atoms with Crippen LogP contribution in [-0.2, 0) is 21.4 Å². The van der Waals surface area contributed by atoms with E-state index in [1.54, 1.807) is 13.8 Å². The number of hydrogen-bond acceptors (Lipinski definition) is 4. The molecule has 0 aromatic heterocycles. The summed E-state index contributed by atoms with van der Waals surface area (Å²) < 4.78 is 32.4. The third-order valence-electron chi connectivity index (χ3n) is 3.41. The predicted octanol–water partition coefficient (Wildman–Crippen LogP) is 2.29. The predicted molar refractivity (Wildman–Crippen MR) is 81.2 cm³/mol. The van der Waals surface area contributed by atoms with Crippen LogP contribution < -0.4 is 0 Å². The van der Waals surface area contributed by atoms with Gasteiger partial charge in [0.2, 0.25) is 10.0 Å². The van der Waals surface area contributed by atoms with Crippen LogP contribution in [0.5, 0.6) is 0 Å². The number of sulfonamides is 1. The fourth-order valence-electron chi connectivity index (χ4n) is 2.30. The Labute approximate surface area is 134 Å². The van der Waals surface area contributed by atoms with Gasteiger partial charge in [0.25, 0.3) is 0 Å². The Morgan fingerprint density at radius 1 is 1.33 bits per heavy atom. The highest BCUT2D eigenvalue weighted by Gasteiger charge is 2.40. The Balaban J connectivity index is 2.54. The molecule has 1 aliphatic rings. The maximum Gasteiger partial charge on any atom is 0.245 e. The number of ether oxygens (including phenoxy) is 1. The molecule has 0 amide bonds. The average molecular weight is 354 g/mol. The summed E-state index contributed by atoms with van der Waals surface area (Å²) in [7, 11) is -3.80. The third-order valence-corrected chi connectivity index (χ3v) is 6.34. The van der Waals surface area contributed by atoms with Crippen molar-refractivity contribution in [3.63, 3.8) is 0 Å². The molecule has 1 N–H and O–H groups in total. The number of morpholine rings is 1. The molecule has 0 unspecified atom stereocenters. The van der Waals surface area contributed by atoms with E-state index in [9.17, 15) is 13.5 Å². The van der Waals surface area contributed by atoms with Gasteiger partial charge in [-0.1, -0.05) is 23.2 Å². The Bertz CT molecular complexity index is 646. The van der Waals surface area contributed by atoms with E-state index in [2.05, 4.69) is 0 Å². The molecule has 8 heteroatoms. The quantitative estimate of drug-likeness (QED) is 0.905. The molecule has 0 saturated carbocycles. The summed E-state index contributed by atoms with van der Waals surface area (Å²) in [6.07, 6.45) is 0. The van der Waals surface area contributed by atoms with E-state index < -0.39 is 15.6 Å². The van der Waals surface area contributed by atoms with Gasteiger partial charge in [-0.15, -0.1) is 0 Å². The molecule has 0 spiro atoms. The summed E-state index contributed by atoms with van der Waals surface area (Å²) in [4.78, 5) is -0.0485. The van der Waals surface area contributed by atoms with E-state index in [0.29, 0.717) is 18.8 Å². The molecule has 1 fully saturated rings. The molecule has 1 aliphatic heterocycles. The summed E-state index contributed by atoms with van der Waals surface area (Å²) in [6.45, 7) is 4.12. The molecule has 118 valence electrons. The first-order chi connectivity index (χ1) is 9.70. The van der Waals surface area contributed by atoms with Gasteiger partial charge >= 0.3 is 0 Å². The second kappa shape index (κ2) is 6.02. The van der Waals surface area contributed by atoms with Crippen molar-refractivity contribution in [3.05, 3.63) is 27.7 Å². The van der Waals surface area contributed by atoms with Crippen molar-refractivity contribution >= 4 is 33.2 Å². The minimum absolute atomic E-state index is 0.0412. The topological polar surface area (TPSA) is 66.8 Å². The van der Waals surface area contributed by atoms with Crippen LogP contribution >= 0.6 is 23.2 Å². The number of hydrogen-bond donors (Lipinski definition) is 1. The molecule has 1 heterocycles. The Hall–Kier alpha value is -0.370. The van der Waals surface area contributed by atoms with E-state index in [1.807, 2.05) is 0 Å². The second-order valence-electron chi connectivity index (χ2n) is 5.47. The number of aliphatic hydroxyl groups excluding tert-OH is 1. The lowest BCUT2D eigenvalue weighted by molar-refractivity contribution is -0.00770. The third kappa shape index (κ3) is 3.21. The van der Waals surface area contributed by atoms with Crippen LogP contribution in [0.1, 0.15) is 19.4 Å². The Morgan fingerprint density at radius 2 is 2.00 bits per heavy atom. The summed E-state index contributed by atoms with van der Waals surface area (Å²) in [5.74, 6) is 0. The van der Waals surface area contributed by atoms with Gasteiger partial charge < -0.3 is 9.84 Å². The molecule has 1 aromatic carbocycles. The highest BCUT2D eigenvalue weighted by Crippen LogP contribution is 2.34. The number of halogens is 2. The number of nitrogens with zero attached hydrogens (tertiary/aromatic N) is 1. The van der Waals surface area contributed by atoms with Gasteiger partial charge in [0.15, 0.2) is 0 Å². The van der Waals surface area contributed by atoms with Gasteiger partial charge in [-0.25, -0.2) is 8.42 Å². The second-order valence-corrected chi connectivity index (χ2v) is 8.12. The van der Waals surface area contributed by atoms with E-state index in [-0.39, 0.29) is 28.1 Å². The fourth-order valence-corrected chi connectivity index (χ4v) is 4.89. The molecule has 0 aliphatic carbocycles. The first-order valence-corrected chi connectivity index (χ1v) is 8.59. The molecular formula is C13H17Cl2NO4S. The molecule has 1 saturated heterocycles. The van der Waals surface area contributed by atoms with Crippen LogP contribution in [0.2, 0.25) is 10.0 Å². The Morgan fingerprint density at radius 3 is 2.57 bits per heavy atom. The summed E-state index contributed by atoms with van der Waals surface area (Å²) in [5, 5.41) is 9.54. The standard InChI is InChI=1S/C13H17Cl2NO4S/c1-13(2)8-20-4-3-16(13)21(18,19)12-5-9(7-17)10(14)6-11(12)15/h5-6,17H,3-4,7-8H2,1-2H3. The lowest BCUT2D eigenvalue weighted by atomic mass is 10.1. The van der Waals surface area contributed by atoms with Crippen molar-refractivity contribution in [2.24, 2.45) is 0 Å². The zero-order chi connectivity index (χ0) is 15.8. The number of rotatable bonds is 3. The maximum atomic E-state index is 12.9. The van der Waals surface area contributed by atoms with Crippen molar-refractivity contribution in [2.45, 2.75) is 30.9 Å². The molecule has 0 atom stereocenters. The minimum Gasteiger partial charge on any atom is -0.392 e. The smallest absolute Gasteiger partial charge is 0.245 e. The van der Waals surface area contributed by atoms with Crippen LogP contribution in [-0.4, -0.2) is 43.1 Å². The van der Waals surface area contributed by atoms with Crippen LogP contribution in [0.15, 0.2) is 17.0 Å². The molecule has 0 radical (unpaired) electrons. The largest absolute Gasteiger partial charge is 0.392 e. The van der Waals surface area contributed by atoms with E-state index in [1.165, 1.54) is 16.4 Å². The normalized spacial score (nSPS) is 19.7. The van der Waals surface area contributed by atoms with Gasteiger partial charge in [0, 0.05) is 11.6 Å². The molecule has 21 heavy (non-hydrogen) atoms. The van der Waals surface area contributed by atoms with Crippen molar-refractivity contribution < 1.29 is 18.3 Å². The van der Waals surface area contributed by atoms with Crippen LogP contribution in [0.3, 0.4) is 0 Å². The first-order valence-electron chi connectivity index (χ1n) is 6.39. The van der Waals surface area contributed by atoms with Crippen molar-refractivity contribution in [1.82, 2.24) is 4.31 Å². The molecule has 1 aromatic rings. The van der Waals surface area contributed by atoms with Crippen molar-refractivity contribution in [3.8, 4) is 0 Å². The van der Waals surface area contributed by atoms with Gasteiger partial charge in [-0.05, 0) is 31.5 Å². The van der Waals surface area contributed by atoms with E-state index >= 15 is 0 Å². The SMILES string of the molecule is CC1(C)COCCN1S(=O)(=O)c1cc(CO)c(Cl)cc1Cl. The molecule has 0 bridgehead atoms. The minimum atomic E-state index is -3.80. The highest BCUT2D eigenvalue weighted by atomic mass is 35.5. The van der Waals surface area contributed by atoms with Gasteiger partial charge in [0.05, 0.1) is 30.4 Å². The van der Waals surface area contributed by atoms with Crippen molar-refractivity contribution in [1.29, 1.82) is 0 Å². The van der Waals surface area contributed by atoms with Crippen LogP contribution in [0.25, 0.3) is 0 Å². The first kappa shape index (κ1) is 17.0. The van der Waals surface area contributed by atoms with Crippen LogP contribution in [0, 0.1) is 0 Å². The van der Waals surface area contributed by atoms with Crippen molar-refractivity contribution in [2.75, 3.05) is 19.8 Å². The Kier molecular flexibility index (Phi) is 4.87. The fraction of sp³-hybridized carbons (Fsp3) is 0.538. The molecular weight excluding hydrogens is 337 g/mol. The average Bonchev–Trinajstić information content (AvgIpc) is 2.37. The highest BCUT2D eigenvalue weighted by molar-refractivity contribution is 7.89. The van der Waals surface area contributed by atoms with E-state index in [4.69, 9.17) is 27.9 Å². The molecule has 2 rings (SSSR count). The molecule has 5 nitrogen and oxygen atoms in total. The summed E-state index contributed by atoms with van der Waals surface area (Å²) >= 11 is 12.0. The van der Waals surface area contributed by atoms with Crippen LogP contribution in [0.4, 0.5) is 0 Å². The van der Waals surface area contributed by atoms with E-state index in [0.717, 1.165) is 0 Å². The van der Waals surface area contributed by atoms with Gasteiger partial charge in [0.1, 0.15) is 4.90 Å². The monoisotopic (exact) mass is 353 g/mol. The lowest BCUT2D eigenvalue weighted by Gasteiger charge is -2.40. The zero-order valence-electron chi connectivity index (χ0n) is 11.8.